The molecule has 0 bridgehead atoms. The van der Waals surface area contributed by atoms with Crippen LogP contribution in [0.4, 0.5) is 0 Å². The van der Waals surface area contributed by atoms with Crippen molar-refractivity contribution >= 4 is 28.4 Å². The quantitative estimate of drug-likeness (QED) is 0.268. The molecule has 0 spiro atoms. The van der Waals surface area contributed by atoms with Gasteiger partial charge in [0, 0.05) is 30.1 Å². The molecular weight excluding hydrogens is 244 g/mol. The molecule has 0 aromatic rings. The van der Waals surface area contributed by atoms with E-state index in [0.717, 1.165) is 4.48 Å². The van der Waals surface area contributed by atoms with Crippen LogP contribution in [0.25, 0.3) is 0 Å². The maximum absolute atomic E-state index is 9.84. The van der Waals surface area contributed by atoms with Crippen molar-refractivity contribution in [3.05, 3.63) is 40.8 Å². The Bertz CT molecular complexity index is 310. The minimum Gasteiger partial charge on any atom is -0.393 e. The predicted molar refractivity (Wildman–Crippen MR) is 62.4 cm³/mol. The number of nitrogens with one attached hydrogen (secondary N) is 1. The summed E-state index contributed by atoms with van der Waals surface area (Å²) < 4.78 is 0.882. The number of rotatable bonds is 5. The van der Waals surface area contributed by atoms with Gasteiger partial charge in [0.25, 0.3) is 0 Å². The van der Waals surface area contributed by atoms with Crippen molar-refractivity contribution in [3.8, 4) is 0 Å². The molecule has 0 aromatic carbocycles. The molecule has 0 unspecified atom stereocenters. The van der Waals surface area contributed by atoms with E-state index in [1.807, 2.05) is 7.05 Å². The van der Waals surface area contributed by atoms with E-state index in [9.17, 15) is 4.79 Å². The Hall–Kier alpha value is -1.38. The van der Waals surface area contributed by atoms with Crippen LogP contribution in [0.15, 0.2) is 45.8 Å². The second-order valence-corrected chi connectivity index (χ2v) is 2.99. The lowest BCUT2D eigenvalue weighted by Crippen LogP contribution is -1.91. The van der Waals surface area contributed by atoms with E-state index in [0.29, 0.717) is 6.29 Å². The molecule has 14 heavy (non-hydrogen) atoms. The molecule has 0 heterocycles. The normalized spacial score (nSPS) is 11.4. The highest BCUT2D eigenvalue weighted by atomic mass is 79.9. The van der Waals surface area contributed by atoms with Crippen molar-refractivity contribution in [2.45, 2.75) is 0 Å². The average Bonchev–Trinajstić information content (AvgIpc) is 2.17. The number of hydrogen-bond acceptors (Lipinski definition) is 3. The molecule has 0 radical (unpaired) electrons. The lowest BCUT2D eigenvalue weighted by molar-refractivity contribution is -0.104. The van der Waals surface area contributed by atoms with Gasteiger partial charge >= 0.3 is 0 Å². The van der Waals surface area contributed by atoms with E-state index in [1.165, 1.54) is 18.5 Å². The summed E-state index contributed by atoms with van der Waals surface area (Å²) in [6.45, 7) is 0. The highest BCUT2D eigenvalue weighted by molar-refractivity contribution is 9.11. The standard InChI is InChI=1S/C10H11BrN2O/c1-12-9-10(11)5-2-3-6-13-7-4-8-14/h3-9,12H,1H3/b7-4+,10-9+,13-6?. The summed E-state index contributed by atoms with van der Waals surface area (Å²) in [6, 6.07) is 0. The Kier molecular flexibility index (Phi) is 8.75. The molecule has 0 saturated heterocycles. The molecule has 0 aliphatic heterocycles. The molecular formula is C10H11BrN2O. The predicted octanol–water partition coefficient (Wildman–Crippen LogP) is 1.94. The number of hydrogen-bond donors (Lipinski definition) is 1. The van der Waals surface area contributed by atoms with Gasteiger partial charge in [-0.2, -0.15) is 0 Å². The van der Waals surface area contributed by atoms with Crippen LogP contribution in [0.2, 0.25) is 0 Å². The van der Waals surface area contributed by atoms with Crippen molar-refractivity contribution in [1.82, 2.24) is 5.32 Å². The SMILES string of the molecule is CN/C=C(/Br)C=C=CC=N/C=C/C=O. The fraction of sp³-hybridized carbons (Fsp3) is 0.100. The summed E-state index contributed by atoms with van der Waals surface area (Å²) in [5.41, 5.74) is 2.87. The van der Waals surface area contributed by atoms with Crippen LogP contribution in [0.3, 0.4) is 0 Å². The molecule has 0 aliphatic rings. The van der Waals surface area contributed by atoms with Gasteiger partial charge in [-0.1, -0.05) is 0 Å². The highest BCUT2D eigenvalue weighted by Crippen LogP contribution is 2.02. The average molecular weight is 255 g/mol. The van der Waals surface area contributed by atoms with Gasteiger partial charge in [0.05, 0.1) is 0 Å². The summed E-state index contributed by atoms with van der Waals surface area (Å²) in [6.07, 6.45) is 10.1. The van der Waals surface area contributed by atoms with Gasteiger partial charge in [-0.05, 0) is 34.2 Å². The number of carbonyl (C=O) groups is 1. The van der Waals surface area contributed by atoms with Crippen LogP contribution in [0.1, 0.15) is 0 Å². The number of carbonyl (C=O) groups excluding carboxylic acids is 1. The molecule has 0 fully saturated rings. The van der Waals surface area contributed by atoms with Crippen molar-refractivity contribution in [3.63, 3.8) is 0 Å². The molecule has 3 nitrogen and oxygen atoms in total. The zero-order chi connectivity index (χ0) is 10.6. The number of aliphatic imine (C=N–C) groups is 1. The molecule has 4 heteroatoms. The van der Waals surface area contributed by atoms with Gasteiger partial charge in [0.15, 0.2) is 0 Å². The third-order valence-electron chi connectivity index (χ3n) is 1.01. The maximum atomic E-state index is 9.84. The number of nitrogens with zero attached hydrogens (tertiary/aromatic N) is 1. The molecule has 0 aromatic heterocycles. The van der Waals surface area contributed by atoms with Crippen molar-refractivity contribution < 1.29 is 4.79 Å². The highest BCUT2D eigenvalue weighted by Gasteiger charge is 1.76. The summed E-state index contributed by atoms with van der Waals surface area (Å²) in [7, 11) is 1.81. The van der Waals surface area contributed by atoms with E-state index < -0.39 is 0 Å². The molecule has 0 amide bonds. The number of allylic oxidation sites excluding steroid dienone is 3. The zero-order valence-corrected chi connectivity index (χ0v) is 9.36. The van der Waals surface area contributed by atoms with Crippen LogP contribution in [0.5, 0.6) is 0 Å². The van der Waals surface area contributed by atoms with Crippen LogP contribution in [-0.2, 0) is 4.79 Å². The lowest BCUT2D eigenvalue weighted by Gasteiger charge is -1.85. The van der Waals surface area contributed by atoms with E-state index in [1.54, 1.807) is 18.4 Å². The van der Waals surface area contributed by atoms with E-state index in [4.69, 9.17) is 0 Å². The minimum absolute atomic E-state index is 0.670. The van der Waals surface area contributed by atoms with Gasteiger partial charge in [-0.3, -0.25) is 9.79 Å². The summed E-state index contributed by atoms with van der Waals surface area (Å²) in [5.74, 6) is 0. The molecule has 0 saturated carbocycles. The van der Waals surface area contributed by atoms with Crippen LogP contribution in [0, 0.1) is 0 Å². The zero-order valence-electron chi connectivity index (χ0n) is 7.77. The Morgan fingerprint density at radius 1 is 1.57 bits per heavy atom. The van der Waals surface area contributed by atoms with Crippen molar-refractivity contribution in [2.75, 3.05) is 7.05 Å². The first-order valence-corrected chi connectivity index (χ1v) is 4.68. The number of halogens is 1. The summed E-state index contributed by atoms with van der Waals surface area (Å²) >= 11 is 3.29. The van der Waals surface area contributed by atoms with Crippen LogP contribution >= 0.6 is 15.9 Å². The Labute approximate surface area is 91.7 Å². The van der Waals surface area contributed by atoms with Gasteiger partial charge in [0.1, 0.15) is 6.29 Å². The Balaban J connectivity index is 4.05. The fourth-order valence-corrected chi connectivity index (χ4v) is 0.889. The maximum Gasteiger partial charge on any atom is 0.144 e. The summed E-state index contributed by atoms with van der Waals surface area (Å²) in [4.78, 5) is 13.6. The largest absolute Gasteiger partial charge is 0.393 e. The minimum atomic E-state index is 0.670. The van der Waals surface area contributed by atoms with E-state index in [2.05, 4.69) is 32.0 Å². The van der Waals surface area contributed by atoms with Crippen LogP contribution in [-0.4, -0.2) is 19.5 Å². The van der Waals surface area contributed by atoms with Gasteiger partial charge in [0.2, 0.25) is 0 Å². The molecule has 0 atom stereocenters. The second-order valence-electron chi connectivity index (χ2n) is 2.07. The third-order valence-corrected chi connectivity index (χ3v) is 1.47. The Morgan fingerprint density at radius 3 is 3.00 bits per heavy atom. The lowest BCUT2D eigenvalue weighted by atomic mass is 10.5. The third kappa shape index (κ3) is 8.71. The molecule has 0 aliphatic carbocycles. The monoisotopic (exact) mass is 254 g/mol. The Morgan fingerprint density at radius 2 is 2.36 bits per heavy atom. The molecule has 0 rings (SSSR count). The van der Waals surface area contributed by atoms with Crippen molar-refractivity contribution in [2.24, 2.45) is 4.99 Å². The fourth-order valence-electron chi connectivity index (χ4n) is 0.528. The van der Waals surface area contributed by atoms with Gasteiger partial charge in [-0.25, -0.2) is 0 Å². The van der Waals surface area contributed by atoms with E-state index >= 15 is 0 Å². The molecule has 74 valence electrons. The smallest absolute Gasteiger partial charge is 0.144 e. The second kappa shape index (κ2) is 9.71. The topological polar surface area (TPSA) is 41.5 Å². The van der Waals surface area contributed by atoms with Gasteiger partial charge in [-0.15, -0.1) is 5.73 Å². The number of aldehydes is 1. The molecule has 1 N–H and O–H groups in total. The van der Waals surface area contributed by atoms with Crippen molar-refractivity contribution in [1.29, 1.82) is 0 Å². The van der Waals surface area contributed by atoms with E-state index in [-0.39, 0.29) is 0 Å². The van der Waals surface area contributed by atoms with Gasteiger partial charge < -0.3 is 5.32 Å². The first-order valence-electron chi connectivity index (χ1n) is 3.88. The van der Waals surface area contributed by atoms with Crippen LogP contribution < -0.4 is 5.32 Å². The summed E-state index contributed by atoms with van der Waals surface area (Å²) in [5, 5.41) is 2.86. The first-order chi connectivity index (χ1) is 6.81. The first kappa shape index (κ1) is 12.6.